The largest absolute Gasteiger partial charge is 0.382 e. The maximum Gasteiger partial charge on any atom is 0.137 e. The predicted molar refractivity (Wildman–Crippen MR) is 79.9 cm³/mol. The zero-order valence-electron chi connectivity index (χ0n) is 11.5. The van der Waals surface area contributed by atoms with Gasteiger partial charge in [0.2, 0.25) is 0 Å². The average molecular weight is 308 g/mol. The maximum atomic E-state index is 13.9. The second-order valence-corrected chi connectivity index (χ2v) is 5.47. The second kappa shape index (κ2) is 5.95. The molecule has 0 saturated heterocycles. The van der Waals surface area contributed by atoms with Crippen LogP contribution in [0.4, 0.5) is 10.1 Å². The summed E-state index contributed by atoms with van der Waals surface area (Å²) in [6.07, 6.45) is 5.34. The SMILES string of the molecule is COC1CC(Nc2ccnc(-c3cnc(Cl)cc3F)c2)C1. The minimum atomic E-state index is -0.428. The molecule has 1 saturated carbocycles. The van der Waals surface area contributed by atoms with Gasteiger partial charge in [-0.2, -0.15) is 0 Å². The molecular formula is C15H15ClFN3O. The van der Waals surface area contributed by atoms with Crippen molar-refractivity contribution < 1.29 is 9.13 Å². The molecule has 21 heavy (non-hydrogen) atoms. The second-order valence-electron chi connectivity index (χ2n) is 5.09. The summed E-state index contributed by atoms with van der Waals surface area (Å²) in [5, 5.41) is 3.52. The Bertz CT molecular complexity index is 647. The van der Waals surface area contributed by atoms with E-state index in [1.807, 2.05) is 12.1 Å². The highest BCUT2D eigenvalue weighted by Crippen LogP contribution is 2.28. The molecular weight excluding hydrogens is 293 g/mol. The number of halogens is 2. The molecule has 1 aliphatic rings. The minimum absolute atomic E-state index is 0.130. The van der Waals surface area contributed by atoms with E-state index in [0.717, 1.165) is 18.5 Å². The lowest BCUT2D eigenvalue weighted by Crippen LogP contribution is -2.40. The number of pyridine rings is 2. The summed E-state index contributed by atoms with van der Waals surface area (Å²) in [7, 11) is 1.72. The summed E-state index contributed by atoms with van der Waals surface area (Å²) in [5.41, 5.74) is 1.78. The van der Waals surface area contributed by atoms with Crippen molar-refractivity contribution in [2.75, 3.05) is 12.4 Å². The molecule has 0 bridgehead atoms. The van der Waals surface area contributed by atoms with Gasteiger partial charge in [0.05, 0.1) is 17.4 Å². The number of ether oxygens (including phenoxy) is 1. The molecule has 0 aromatic carbocycles. The highest BCUT2D eigenvalue weighted by Gasteiger charge is 2.28. The molecule has 6 heteroatoms. The summed E-state index contributed by atoms with van der Waals surface area (Å²) >= 11 is 5.66. The van der Waals surface area contributed by atoms with Gasteiger partial charge in [-0.15, -0.1) is 0 Å². The molecule has 0 amide bonds. The molecule has 0 aliphatic heterocycles. The van der Waals surface area contributed by atoms with Crippen molar-refractivity contribution in [1.29, 1.82) is 0 Å². The van der Waals surface area contributed by atoms with Gasteiger partial charge in [-0.05, 0) is 25.0 Å². The quantitative estimate of drug-likeness (QED) is 0.878. The van der Waals surface area contributed by atoms with Crippen molar-refractivity contribution >= 4 is 17.3 Å². The zero-order chi connectivity index (χ0) is 14.8. The first-order chi connectivity index (χ1) is 10.2. The van der Waals surface area contributed by atoms with Crippen LogP contribution in [0.15, 0.2) is 30.6 Å². The molecule has 110 valence electrons. The monoisotopic (exact) mass is 307 g/mol. The van der Waals surface area contributed by atoms with Gasteiger partial charge >= 0.3 is 0 Å². The predicted octanol–water partition coefficient (Wildman–Crippen LogP) is 3.53. The maximum absolute atomic E-state index is 13.9. The van der Waals surface area contributed by atoms with E-state index in [-0.39, 0.29) is 5.15 Å². The molecule has 0 radical (unpaired) electrons. The number of anilines is 1. The smallest absolute Gasteiger partial charge is 0.137 e. The van der Waals surface area contributed by atoms with Gasteiger partial charge < -0.3 is 10.1 Å². The van der Waals surface area contributed by atoms with E-state index in [9.17, 15) is 4.39 Å². The number of nitrogens with zero attached hydrogens (tertiary/aromatic N) is 2. The van der Waals surface area contributed by atoms with E-state index in [4.69, 9.17) is 16.3 Å². The third-order valence-electron chi connectivity index (χ3n) is 3.65. The van der Waals surface area contributed by atoms with Crippen LogP contribution in [-0.4, -0.2) is 29.2 Å². The van der Waals surface area contributed by atoms with Gasteiger partial charge in [-0.1, -0.05) is 11.6 Å². The molecule has 1 N–H and O–H groups in total. The van der Waals surface area contributed by atoms with Crippen LogP contribution in [0.1, 0.15) is 12.8 Å². The van der Waals surface area contributed by atoms with Gasteiger partial charge in [0.25, 0.3) is 0 Å². The fourth-order valence-corrected chi connectivity index (χ4v) is 2.52. The van der Waals surface area contributed by atoms with E-state index >= 15 is 0 Å². The number of aromatic nitrogens is 2. The van der Waals surface area contributed by atoms with Crippen molar-refractivity contribution in [3.63, 3.8) is 0 Å². The number of methoxy groups -OCH3 is 1. The first-order valence-electron chi connectivity index (χ1n) is 6.72. The molecule has 2 aromatic rings. The highest BCUT2D eigenvalue weighted by molar-refractivity contribution is 6.29. The van der Waals surface area contributed by atoms with E-state index in [0.29, 0.717) is 23.4 Å². The molecule has 0 spiro atoms. The number of rotatable bonds is 4. The Morgan fingerprint density at radius 2 is 2.14 bits per heavy atom. The van der Waals surface area contributed by atoms with Crippen LogP contribution < -0.4 is 5.32 Å². The van der Waals surface area contributed by atoms with Gasteiger partial charge in [-0.25, -0.2) is 9.37 Å². The Kier molecular flexibility index (Phi) is 4.03. The third-order valence-corrected chi connectivity index (χ3v) is 3.86. The van der Waals surface area contributed by atoms with Gasteiger partial charge in [0.15, 0.2) is 0 Å². The molecule has 1 aliphatic carbocycles. The van der Waals surface area contributed by atoms with Crippen LogP contribution in [-0.2, 0) is 4.74 Å². The summed E-state index contributed by atoms with van der Waals surface area (Å²) in [5.74, 6) is -0.428. The average Bonchev–Trinajstić information content (AvgIpc) is 2.42. The lowest BCUT2D eigenvalue weighted by molar-refractivity contribution is 0.0329. The molecule has 4 nitrogen and oxygen atoms in total. The van der Waals surface area contributed by atoms with Crippen LogP contribution in [0.3, 0.4) is 0 Å². The summed E-state index contributed by atoms with van der Waals surface area (Å²) < 4.78 is 19.2. The Morgan fingerprint density at radius 1 is 1.33 bits per heavy atom. The molecule has 0 atom stereocenters. The molecule has 2 heterocycles. The van der Waals surface area contributed by atoms with Crippen LogP contribution in [0.25, 0.3) is 11.3 Å². The van der Waals surface area contributed by atoms with E-state index < -0.39 is 5.82 Å². The summed E-state index contributed by atoms with van der Waals surface area (Å²) in [6, 6.07) is 5.26. The number of hydrogen-bond acceptors (Lipinski definition) is 4. The molecule has 3 rings (SSSR count). The lowest BCUT2D eigenvalue weighted by atomic mass is 9.89. The van der Waals surface area contributed by atoms with Crippen molar-refractivity contribution in [1.82, 2.24) is 9.97 Å². The Hall–Kier alpha value is -1.72. The third kappa shape index (κ3) is 3.14. The van der Waals surface area contributed by atoms with Crippen LogP contribution in [0.2, 0.25) is 5.15 Å². The van der Waals surface area contributed by atoms with E-state index in [1.165, 1.54) is 12.3 Å². The van der Waals surface area contributed by atoms with E-state index in [1.54, 1.807) is 13.3 Å². The molecule has 0 unspecified atom stereocenters. The Balaban J connectivity index is 1.77. The van der Waals surface area contributed by atoms with Gasteiger partial charge in [-0.3, -0.25) is 4.98 Å². The summed E-state index contributed by atoms with van der Waals surface area (Å²) in [4.78, 5) is 8.10. The highest BCUT2D eigenvalue weighted by atomic mass is 35.5. The first-order valence-corrected chi connectivity index (χ1v) is 7.10. The first kappa shape index (κ1) is 14.2. The zero-order valence-corrected chi connectivity index (χ0v) is 12.3. The standard InChI is InChI=1S/C15H15ClFN3O/c1-21-11-4-10(5-11)20-9-2-3-18-14(6-9)12-8-19-15(16)7-13(12)17/h2-3,6-8,10-11H,4-5H2,1H3,(H,18,20). The van der Waals surface area contributed by atoms with E-state index in [2.05, 4.69) is 15.3 Å². The van der Waals surface area contributed by atoms with Crippen LogP contribution in [0.5, 0.6) is 0 Å². The number of hydrogen-bond donors (Lipinski definition) is 1. The lowest BCUT2D eigenvalue weighted by Gasteiger charge is -2.35. The van der Waals surface area contributed by atoms with Gasteiger partial charge in [0.1, 0.15) is 11.0 Å². The Morgan fingerprint density at radius 3 is 2.86 bits per heavy atom. The molecule has 2 aromatic heterocycles. The van der Waals surface area contributed by atoms with Crippen molar-refractivity contribution in [3.05, 3.63) is 41.6 Å². The topological polar surface area (TPSA) is 47.0 Å². The van der Waals surface area contributed by atoms with Crippen molar-refractivity contribution in [3.8, 4) is 11.3 Å². The minimum Gasteiger partial charge on any atom is -0.382 e. The number of nitrogens with one attached hydrogen (secondary N) is 1. The van der Waals surface area contributed by atoms with Crippen LogP contribution >= 0.6 is 11.6 Å². The van der Waals surface area contributed by atoms with Gasteiger partial charge in [0, 0.05) is 37.3 Å². The summed E-state index contributed by atoms with van der Waals surface area (Å²) in [6.45, 7) is 0. The molecule has 1 fully saturated rings. The fraction of sp³-hybridized carbons (Fsp3) is 0.333. The van der Waals surface area contributed by atoms with Crippen LogP contribution in [0, 0.1) is 5.82 Å². The fourth-order valence-electron chi connectivity index (χ4n) is 2.38. The Labute approximate surface area is 127 Å². The van der Waals surface area contributed by atoms with Crippen molar-refractivity contribution in [2.45, 2.75) is 25.0 Å². The normalized spacial score (nSPS) is 20.9. The van der Waals surface area contributed by atoms with Crippen molar-refractivity contribution in [2.24, 2.45) is 0 Å².